The summed E-state index contributed by atoms with van der Waals surface area (Å²) < 4.78 is 11.5. The summed E-state index contributed by atoms with van der Waals surface area (Å²) in [5, 5.41) is 0.775. The number of H-pyrrole nitrogens is 1. The fourth-order valence-corrected chi connectivity index (χ4v) is 5.45. The molecule has 1 N–H and O–H groups in total. The highest BCUT2D eigenvalue weighted by Gasteiger charge is 2.20. The van der Waals surface area contributed by atoms with Crippen molar-refractivity contribution in [2.24, 2.45) is 0 Å². The summed E-state index contributed by atoms with van der Waals surface area (Å²) in [6, 6.07) is 3.66. The van der Waals surface area contributed by atoms with E-state index in [-0.39, 0.29) is 5.56 Å². The molecule has 27 heavy (non-hydrogen) atoms. The molecule has 5 nitrogen and oxygen atoms in total. The maximum atomic E-state index is 12.9. The minimum absolute atomic E-state index is 0.0604. The Kier molecular flexibility index (Phi) is 5.23. The maximum Gasteiger partial charge on any atom is 0.260 e. The van der Waals surface area contributed by atoms with E-state index in [9.17, 15) is 4.79 Å². The lowest BCUT2D eigenvalue weighted by atomic mass is 9.98. The van der Waals surface area contributed by atoms with Gasteiger partial charge in [-0.05, 0) is 59.3 Å². The number of methoxy groups -OCH3 is 2. The predicted octanol–water partition coefficient (Wildman–Crippen LogP) is 5.09. The summed E-state index contributed by atoms with van der Waals surface area (Å²) in [7, 11) is 3.19. The van der Waals surface area contributed by atoms with E-state index in [2.05, 4.69) is 20.9 Å². The van der Waals surface area contributed by atoms with Crippen molar-refractivity contribution < 1.29 is 9.47 Å². The molecule has 0 fully saturated rings. The second-order valence-electron chi connectivity index (χ2n) is 6.70. The molecule has 0 unspecified atom stereocenters. The number of rotatable bonds is 3. The molecule has 0 bridgehead atoms. The van der Waals surface area contributed by atoms with Crippen molar-refractivity contribution in [1.82, 2.24) is 9.97 Å². The number of benzene rings is 1. The third-order valence-corrected chi connectivity index (χ3v) is 6.90. The number of ether oxygens (including phenoxy) is 2. The van der Waals surface area contributed by atoms with Gasteiger partial charge in [-0.25, -0.2) is 4.98 Å². The smallest absolute Gasteiger partial charge is 0.260 e. The van der Waals surface area contributed by atoms with Crippen molar-refractivity contribution in [2.45, 2.75) is 38.5 Å². The first-order valence-electron chi connectivity index (χ1n) is 9.09. The molecule has 7 heteroatoms. The normalized spacial score (nSPS) is 14.5. The second kappa shape index (κ2) is 7.64. The van der Waals surface area contributed by atoms with Crippen molar-refractivity contribution in [3.8, 4) is 22.9 Å². The summed E-state index contributed by atoms with van der Waals surface area (Å²) in [6.45, 7) is 0. The molecule has 0 saturated carbocycles. The Morgan fingerprint density at radius 2 is 1.78 bits per heavy atom. The van der Waals surface area contributed by atoms with Crippen LogP contribution in [0, 0.1) is 0 Å². The number of hydrogen-bond acceptors (Lipinski definition) is 5. The van der Waals surface area contributed by atoms with E-state index in [0.29, 0.717) is 17.3 Å². The molecule has 0 saturated heterocycles. The first-order chi connectivity index (χ1) is 13.1. The largest absolute Gasteiger partial charge is 0.493 e. The first-order valence-corrected chi connectivity index (χ1v) is 10.7. The zero-order valence-electron chi connectivity index (χ0n) is 15.4. The fraction of sp³-hybridized carbons (Fsp3) is 0.400. The highest BCUT2D eigenvalue weighted by Crippen LogP contribution is 2.38. The van der Waals surface area contributed by atoms with Crippen LogP contribution in [-0.4, -0.2) is 24.2 Å². The Bertz CT molecular complexity index is 1060. The fourth-order valence-electron chi connectivity index (χ4n) is 3.68. The van der Waals surface area contributed by atoms with Crippen molar-refractivity contribution in [2.75, 3.05) is 14.2 Å². The predicted molar refractivity (Wildman–Crippen MR) is 112 cm³/mol. The van der Waals surface area contributed by atoms with Gasteiger partial charge in [0, 0.05) is 14.9 Å². The van der Waals surface area contributed by atoms with Crippen LogP contribution in [0.15, 0.2) is 21.4 Å². The van der Waals surface area contributed by atoms with Gasteiger partial charge in [-0.1, -0.05) is 12.8 Å². The van der Waals surface area contributed by atoms with Crippen LogP contribution >= 0.6 is 27.3 Å². The van der Waals surface area contributed by atoms with E-state index in [4.69, 9.17) is 14.5 Å². The number of fused-ring (bicyclic) bond motifs is 3. The van der Waals surface area contributed by atoms with Crippen molar-refractivity contribution in [3.05, 3.63) is 37.4 Å². The SMILES string of the molecule is COc1cc(Br)c(-c2nc3sc4c(c3c(=O)[nH]2)CCCCCC4)cc1OC. The van der Waals surface area contributed by atoms with Crippen LogP contribution in [0.3, 0.4) is 0 Å². The highest BCUT2D eigenvalue weighted by atomic mass is 79.9. The Morgan fingerprint density at radius 3 is 2.52 bits per heavy atom. The standard InChI is InChI=1S/C20H21BrN2O3S/c1-25-14-9-12(13(21)10-15(14)26-2)18-22-19(24)17-11-7-5-3-4-6-8-16(11)27-20(17)23-18/h9-10H,3-8H2,1-2H3,(H,22,23,24). The molecule has 3 aromatic rings. The monoisotopic (exact) mass is 448 g/mol. The second-order valence-corrected chi connectivity index (χ2v) is 8.64. The highest BCUT2D eigenvalue weighted by molar-refractivity contribution is 9.10. The number of halogens is 1. The number of aromatic nitrogens is 2. The Hall–Kier alpha value is -1.86. The maximum absolute atomic E-state index is 12.9. The van der Waals surface area contributed by atoms with Gasteiger partial charge in [0.1, 0.15) is 10.7 Å². The minimum Gasteiger partial charge on any atom is -0.493 e. The summed E-state index contributed by atoms with van der Waals surface area (Å²) in [5.41, 5.74) is 1.92. The van der Waals surface area contributed by atoms with Gasteiger partial charge in [0.05, 0.1) is 19.6 Å². The molecule has 1 aromatic carbocycles. The Morgan fingerprint density at radius 1 is 1.07 bits per heavy atom. The first kappa shape index (κ1) is 18.5. The van der Waals surface area contributed by atoms with Gasteiger partial charge in [-0.2, -0.15) is 0 Å². The lowest BCUT2D eigenvalue weighted by Gasteiger charge is -2.11. The summed E-state index contributed by atoms with van der Waals surface area (Å²) in [6.07, 6.45) is 6.85. The van der Waals surface area contributed by atoms with Crippen LogP contribution in [0.5, 0.6) is 11.5 Å². The average Bonchev–Trinajstić information content (AvgIpc) is 2.98. The molecular weight excluding hydrogens is 428 g/mol. The molecule has 0 spiro atoms. The number of aryl methyl sites for hydroxylation is 2. The molecule has 1 aliphatic rings. The molecule has 142 valence electrons. The van der Waals surface area contributed by atoms with Crippen molar-refractivity contribution >= 4 is 37.5 Å². The quantitative estimate of drug-likeness (QED) is 0.605. The Balaban J connectivity index is 1.88. The van der Waals surface area contributed by atoms with Crippen LogP contribution < -0.4 is 15.0 Å². The molecule has 1 aliphatic carbocycles. The van der Waals surface area contributed by atoms with E-state index in [1.807, 2.05) is 12.1 Å². The van der Waals surface area contributed by atoms with Gasteiger partial charge in [-0.3, -0.25) is 4.79 Å². The minimum atomic E-state index is -0.0604. The molecule has 0 amide bonds. The van der Waals surface area contributed by atoms with E-state index in [1.165, 1.54) is 29.7 Å². The Labute approximate surface area is 169 Å². The third-order valence-electron chi connectivity index (χ3n) is 5.05. The van der Waals surface area contributed by atoms with Gasteiger partial charge >= 0.3 is 0 Å². The van der Waals surface area contributed by atoms with Crippen LogP contribution in [0.2, 0.25) is 0 Å². The van der Waals surface area contributed by atoms with Crippen LogP contribution in [0.1, 0.15) is 36.1 Å². The van der Waals surface area contributed by atoms with Crippen molar-refractivity contribution in [1.29, 1.82) is 0 Å². The number of nitrogens with one attached hydrogen (secondary N) is 1. The van der Waals surface area contributed by atoms with Gasteiger partial charge in [0.15, 0.2) is 11.5 Å². The number of nitrogens with zero attached hydrogens (tertiary/aromatic N) is 1. The number of hydrogen-bond donors (Lipinski definition) is 1. The lowest BCUT2D eigenvalue weighted by molar-refractivity contribution is 0.355. The molecular formula is C20H21BrN2O3S. The molecule has 0 aliphatic heterocycles. The molecule has 4 rings (SSSR count). The van der Waals surface area contributed by atoms with E-state index < -0.39 is 0 Å². The average molecular weight is 449 g/mol. The zero-order valence-corrected chi connectivity index (χ0v) is 17.8. The topological polar surface area (TPSA) is 64.2 Å². The molecule has 2 heterocycles. The molecule has 2 aromatic heterocycles. The van der Waals surface area contributed by atoms with Crippen LogP contribution in [-0.2, 0) is 12.8 Å². The lowest BCUT2D eigenvalue weighted by Crippen LogP contribution is -2.11. The summed E-state index contributed by atoms with van der Waals surface area (Å²) in [4.78, 5) is 22.9. The number of aromatic amines is 1. The molecule has 0 atom stereocenters. The summed E-state index contributed by atoms with van der Waals surface area (Å²) in [5.74, 6) is 1.75. The van der Waals surface area contributed by atoms with Gasteiger partial charge in [0.25, 0.3) is 5.56 Å². The van der Waals surface area contributed by atoms with Gasteiger partial charge in [0.2, 0.25) is 0 Å². The molecule has 0 radical (unpaired) electrons. The van der Waals surface area contributed by atoms with Crippen molar-refractivity contribution in [3.63, 3.8) is 0 Å². The third kappa shape index (κ3) is 3.38. The summed E-state index contributed by atoms with van der Waals surface area (Å²) >= 11 is 5.23. The van der Waals surface area contributed by atoms with Crippen LogP contribution in [0.25, 0.3) is 21.6 Å². The van der Waals surface area contributed by atoms with E-state index >= 15 is 0 Å². The van der Waals surface area contributed by atoms with Gasteiger partial charge in [-0.15, -0.1) is 11.3 Å². The number of thiophene rings is 1. The van der Waals surface area contributed by atoms with Gasteiger partial charge < -0.3 is 14.5 Å². The van der Waals surface area contributed by atoms with E-state index in [1.54, 1.807) is 25.6 Å². The zero-order chi connectivity index (χ0) is 19.0. The van der Waals surface area contributed by atoms with E-state index in [0.717, 1.165) is 39.5 Å². The van der Waals surface area contributed by atoms with Crippen LogP contribution in [0.4, 0.5) is 0 Å².